The minimum absolute atomic E-state index is 0.0285. The van der Waals surface area contributed by atoms with Crippen molar-refractivity contribution in [2.45, 2.75) is 32.9 Å². The molecule has 2 aromatic rings. The smallest absolute Gasteiger partial charge is 0.305 e. The zero-order valence-corrected chi connectivity index (χ0v) is 13.4. The van der Waals surface area contributed by atoms with Gasteiger partial charge in [-0.25, -0.2) is 0 Å². The Morgan fingerprint density at radius 1 is 1.45 bits per heavy atom. The largest absolute Gasteiger partial charge is 0.481 e. The SMILES string of the molecule is Cc1cccc([C@@H](CC(=O)O)NCc2cc(C#N)cs2)c1C. The van der Waals surface area contributed by atoms with E-state index in [2.05, 4.69) is 11.4 Å². The second-order valence-electron chi connectivity index (χ2n) is 5.23. The van der Waals surface area contributed by atoms with Crippen LogP contribution in [0.4, 0.5) is 0 Å². The van der Waals surface area contributed by atoms with Crippen LogP contribution in [-0.4, -0.2) is 11.1 Å². The average molecular weight is 314 g/mol. The molecule has 0 aliphatic carbocycles. The first-order chi connectivity index (χ1) is 10.5. The van der Waals surface area contributed by atoms with Crippen molar-refractivity contribution in [2.75, 3.05) is 0 Å². The van der Waals surface area contributed by atoms with E-state index in [1.54, 1.807) is 5.38 Å². The number of hydrogen-bond donors (Lipinski definition) is 2. The van der Waals surface area contributed by atoms with Crippen molar-refractivity contribution < 1.29 is 9.90 Å². The molecule has 0 aliphatic heterocycles. The zero-order chi connectivity index (χ0) is 16.1. The molecule has 2 N–H and O–H groups in total. The molecule has 114 valence electrons. The van der Waals surface area contributed by atoms with E-state index < -0.39 is 5.97 Å². The van der Waals surface area contributed by atoms with E-state index >= 15 is 0 Å². The van der Waals surface area contributed by atoms with Gasteiger partial charge in [0.05, 0.1) is 12.0 Å². The summed E-state index contributed by atoms with van der Waals surface area (Å²) in [6.45, 7) is 4.59. The summed E-state index contributed by atoms with van der Waals surface area (Å²) in [6.07, 6.45) is 0.0285. The fourth-order valence-corrected chi connectivity index (χ4v) is 3.13. The quantitative estimate of drug-likeness (QED) is 0.855. The Balaban J connectivity index is 2.17. The maximum absolute atomic E-state index is 11.2. The lowest BCUT2D eigenvalue weighted by Crippen LogP contribution is -2.24. The maximum atomic E-state index is 11.2. The van der Waals surface area contributed by atoms with Gasteiger partial charge >= 0.3 is 5.97 Å². The third-order valence-electron chi connectivity index (χ3n) is 3.71. The number of hydrogen-bond acceptors (Lipinski definition) is 4. The Bertz CT molecular complexity index is 716. The van der Waals surface area contributed by atoms with Gasteiger partial charge in [0.25, 0.3) is 0 Å². The summed E-state index contributed by atoms with van der Waals surface area (Å²) >= 11 is 1.51. The van der Waals surface area contributed by atoms with Gasteiger partial charge in [-0.15, -0.1) is 11.3 Å². The highest BCUT2D eigenvalue weighted by Gasteiger charge is 2.18. The van der Waals surface area contributed by atoms with E-state index in [4.69, 9.17) is 10.4 Å². The molecule has 0 saturated heterocycles. The van der Waals surface area contributed by atoms with Gasteiger partial charge < -0.3 is 10.4 Å². The maximum Gasteiger partial charge on any atom is 0.305 e. The predicted molar refractivity (Wildman–Crippen MR) is 86.8 cm³/mol. The number of carboxylic acid groups (broad SMARTS) is 1. The van der Waals surface area contributed by atoms with Crippen LogP contribution in [0.1, 0.15) is 39.6 Å². The number of nitrogens with zero attached hydrogens (tertiary/aromatic N) is 1. The highest BCUT2D eigenvalue weighted by atomic mass is 32.1. The fourth-order valence-electron chi connectivity index (χ4n) is 2.37. The second-order valence-corrected chi connectivity index (χ2v) is 6.23. The Kier molecular flexibility index (Phi) is 5.31. The third kappa shape index (κ3) is 3.94. The first-order valence-electron chi connectivity index (χ1n) is 7.00. The molecule has 4 nitrogen and oxygen atoms in total. The van der Waals surface area contributed by atoms with E-state index in [1.807, 2.05) is 38.1 Å². The molecule has 2 rings (SSSR count). The van der Waals surface area contributed by atoms with Gasteiger partial charge in [0, 0.05) is 22.8 Å². The van der Waals surface area contributed by atoms with E-state index in [9.17, 15) is 4.79 Å². The number of nitriles is 1. The molecule has 0 radical (unpaired) electrons. The Morgan fingerprint density at radius 3 is 2.86 bits per heavy atom. The van der Waals surface area contributed by atoms with Crippen molar-refractivity contribution in [3.8, 4) is 6.07 Å². The van der Waals surface area contributed by atoms with Crippen LogP contribution < -0.4 is 5.32 Å². The van der Waals surface area contributed by atoms with Gasteiger partial charge in [0.1, 0.15) is 6.07 Å². The summed E-state index contributed by atoms with van der Waals surface area (Å²) < 4.78 is 0. The summed E-state index contributed by atoms with van der Waals surface area (Å²) in [4.78, 5) is 12.2. The summed E-state index contributed by atoms with van der Waals surface area (Å²) in [5.41, 5.74) is 3.92. The van der Waals surface area contributed by atoms with Crippen LogP contribution in [0.5, 0.6) is 0 Å². The first-order valence-corrected chi connectivity index (χ1v) is 7.88. The van der Waals surface area contributed by atoms with E-state index in [1.165, 1.54) is 11.3 Å². The predicted octanol–water partition coefficient (Wildman–Crippen LogP) is 3.54. The second kappa shape index (κ2) is 7.21. The normalized spacial score (nSPS) is 11.9. The number of rotatable bonds is 6. The summed E-state index contributed by atoms with van der Waals surface area (Å²) in [5.74, 6) is -0.831. The van der Waals surface area contributed by atoms with Crippen LogP contribution in [0.25, 0.3) is 0 Å². The highest BCUT2D eigenvalue weighted by molar-refractivity contribution is 7.10. The number of carboxylic acids is 1. The van der Waals surface area contributed by atoms with Gasteiger partial charge in [0.15, 0.2) is 0 Å². The van der Waals surface area contributed by atoms with Crippen molar-refractivity contribution in [1.82, 2.24) is 5.32 Å². The molecule has 0 spiro atoms. The van der Waals surface area contributed by atoms with Crippen LogP contribution in [-0.2, 0) is 11.3 Å². The standard InChI is InChI=1S/C17H18N2O2S/c1-11-4-3-5-15(12(11)2)16(7-17(20)21)19-9-14-6-13(8-18)10-22-14/h3-6,10,16,19H,7,9H2,1-2H3,(H,20,21)/t16-/m1/s1. The monoisotopic (exact) mass is 314 g/mol. The third-order valence-corrected chi connectivity index (χ3v) is 4.64. The minimum Gasteiger partial charge on any atom is -0.481 e. The molecule has 22 heavy (non-hydrogen) atoms. The Hall–Kier alpha value is -2.16. The van der Waals surface area contributed by atoms with Gasteiger partial charge in [-0.1, -0.05) is 18.2 Å². The average Bonchev–Trinajstić information content (AvgIpc) is 2.94. The summed E-state index contributed by atoms with van der Waals surface area (Å²) in [7, 11) is 0. The molecule has 0 unspecified atom stereocenters. The number of aliphatic carboxylic acids is 1. The summed E-state index contributed by atoms with van der Waals surface area (Å²) in [5, 5.41) is 23.1. The lowest BCUT2D eigenvalue weighted by molar-refractivity contribution is -0.137. The van der Waals surface area contributed by atoms with E-state index in [-0.39, 0.29) is 12.5 Å². The Labute approximate surface area is 134 Å². The summed E-state index contributed by atoms with van der Waals surface area (Å²) in [6, 6.07) is 9.64. The van der Waals surface area contributed by atoms with Crippen molar-refractivity contribution >= 4 is 17.3 Å². The van der Waals surface area contributed by atoms with Crippen molar-refractivity contribution in [2.24, 2.45) is 0 Å². The van der Waals surface area contributed by atoms with Crippen molar-refractivity contribution in [1.29, 1.82) is 5.26 Å². The van der Waals surface area contributed by atoms with Crippen LogP contribution in [0.3, 0.4) is 0 Å². The molecular weight excluding hydrogens is 296 g/mol. The molecule has 1 atom stereocenters. The van der Waals surface area contributed by atoms with Gasteiger partial charge in [-0.3, -0.25) is 4.79 Å². The number of benzene rings is 1. The van der Waals surface area contributed by atoms with Crippen molar-refractivity contribution in [3.05, 3.63) is 56.8 Å². The first kappa shape index (κ1) is 16.2. The molecular formula is C17H18N2O2S. The number of thiophene rings is 1. The molecule has 0 amide bonds. The van der Waals surface area contributed by atoms with Crippen LogP contribution in [0, 0.1) is 25.2 Å². The number of carbonyl (C=O) groups is 1. The fraction of sp³-hybridized carbons (Fsp3) is 0.294. The lowest BCUT2D eigenvalue weighted by atomic mass is 9.95. The lowest BCUT2D eigenvalue weighted by Gasteiger charge is -2.20. The van der Waals surface area contributed by atoms with Gasteiger partial charge in [-0.2, -0.15) is 5.26 Å². The molecule has 5 heteroatoms. The van der Waals surface area contributed by atoms with Gasteiger partial charge in [0.2, 0.25) is 0 Å². The zero-order valence-electron chi connectivity index (χ0n) is 12.6. The van der Waals surface area contributed by atoms with Gasteiger partial charge in [-0.05, 0) is 36.6 Å². The molecule has 1 heterocycles. The molecule has 0 aliphatic rings. The molecule has 1 aromatic heterocycles. The van der Waals surface area contributed by atoms with Crippen LogP contribution >= 0.6 is 11.3 Å². The number of aryl methyl sites for hydroxylation is 1. The van der Waals surface area contributed by atoms with Crippen LogP contribution in [0.15, 0.2) is 29.6 Å². The Morgan fingerprint density at radius 2 is 2.23 bits per heavy atom. The minimum atomic E-state index is -0.831. The highest BCUT2D eigenvalue weighted by Crippen LogP contribution is 2.24. The van der Waals surface area contributed by atoms with Crippen molar-refractivity contribution in [3.63, 3.8) is 0 Å². The molecule has 0 saturated carbocycles. The molecule has 0 bridgehead atoms. The van der Waals surface area contributed by atoms with E-state index in [0.29, 0.717) is 12.1 Å². The van der Waals surface area contributed by atoms with E-state index in [0.717, 1.165) is 21.6 Å². The topological polar surface area (TPSA) is 73.1 Å². The molecule has 1 aromatic carbocycles. The molecule has 0 fully saturated rings. The number of nitrogens with one attached hydrogen (secondary N) is 1. The van der Waals surface area contributed by atoms with Crippen LogP contribution in [0.2, 0.25) is 0 Å².